The van der Waals surface area contributed by atoms with E-state index in [1.165, 1.54) is 302 Å². The first-order valence-electron chi connectivity index (χ1n) is 35.3. The molecule has 460 valence electrons. The van der Waals surface area contributed by atoms with E-state index in [-0.39, 0.29) is 31.1 Å². The van der Waals surface area contributed by atoms with Crippen molar-refractivity contribution in [1.29, 1.82) is 0 Å². The van der Waals surface area contributed by atoms with Crippen LogP contribution in [0, 0.1) is 0 Å². The Labute approximate surface area is 487 Å². The zero-order valence-corrected chi connectivity index (χ0v) is 53.0. The maximum atomic E-state index is 12.9. The molecule has 0 aromatic heterocycles. The van der Waals surface area contributed by atoms with Crippen molar-refractivity contribution in [2.75, 3.05) is 13.2 Å². The van der Waals surface area contributed by atoms with Crippen LogP contribution in [0.1, 0.15) is 400 Å². The van der Waals surface area contributed by atoms with Crippen LogP contribution in [0.3, 0.4) is 0 Å². The van der Waals surface area contributed by atoms with Gasteiger partial charge in [0.15, 0.2) is 6.10 Å². The zero-order chi connectivity index (χ0) is 56.4. The molecule has 0 aliphatic heterocycles. The van der Waals surface area contributed by atoms with Crippen molar-refractivity contribution in [3.05, 3.63) is 24.3 Å². The quantitative estimate of drug-likeness (QED) is 0.0261. The van der Waals surface area contributed by atoms with Gasteiger partial charge in [0, 0.05) is 19.3 Å². The van der Waals surface area contributed by atoms with E-state index in [4.69, 9.17) is 14.2 Å². The van der Waals surface area contributed by atoms with Crippen molar-refractivity contribution in [3.63, 3.8) is 0 Å². The summed E-state index contributed by atoms with van der Waals surface area (Å²) in [5.41, 5.74) is 0. The van der Waals surface area contributed by atoms with Gasteiger partial charge in [-0.15, -0.1) is 0 Å². The van der Waals surface area contributed by atoms with Gasteiger partial charge < -0.3 is 14.2 Å². The average molecular weight is 1100 g/mol. The molecular formula is C72H136O6. The van der Waals surface area contributed by atoms with Gasteiger partial charge >= 0.3 is 17.9 Å². The van der Waals surface area contributed by atoms with Gasteiger partial charge in [-0.25, -0.2) is 0 Å². The molecule has 0 radical (unpaired) electrons. The Balaban J connectivity index is 4.15. The number of hydrogen-bond donors (Lipinski definition) is 0. The van der Waals surface area contributed by atoms with E-state index < -0.39 is 6.10 Å². The third kappa shape index (κ3) is 64.7. The number of rotatable bonds is 66. The molecule has 0 aliphatic carbocycles. The normalized spacial score (nSPS) is 12.1. The zero-order valence-electron chi connectivity index (χ0n) is 53.0. The van der Waals surface area contributed by atoms with Crippen LogP contribution in [0.2, 0.25) is 0 Å². The van der Waals surface area contributed by atoms with Crippen molar-refractivity contribution in [2.45, 2.75) is 406 Å². The third-order valence-corrected chi connectivity index (χ3v) is 16.2. The molecule has 0 rings (SSSR count). The summed E-state index contributed by atoms with van der Waals surface area (Å²) in [5, 5.41) is 0. The van der Waals surface area contributed by atoms with E-state index in [0.29, 0.717) is 19.3 Å². The maximum Gasteiger partial charge on any atom is 0.306 e. The summed E-state index contributed by atoms with van der Waals surface area (Å²) in [5.74, 6) is -0.838. The van der Waals surface area contributed by atoms with Gasteiger partial charge in [0.1, 0.15) is 13.2 Å². The molecule has 0 spiro atoms. The summed E-state index contributed by atoms with van der Waals surface area (Å²) >= 11 is 0. The molecule has 0 heterocycles. The molecule has 0 aromatic rings. The van der Waals surface area contributed by atoms with Gasteiger partial charge in [-0.05, 0) is 70.6 Å². The SMILES string of the molecule is CCCCCCCC/C=C\CCCCCCCCCCCC(=O)OC(COC(=O)CCCCCCCCCCCCCC)COC(=O)CCCCCCCCCCCCCCCCCCC/C=C\CCCCCCCCCC. The highest BCUT2D eigenvalue weighted by Crippen LogP contribution is 2.18. The highest BCUT2D eigenvalue weighted by atomic mass is 16.6. The van der Waals surface area contributed by atoms with E-state index in [0.717, 1.165) is 57.8 Å². The second kappa shape index (κ2) is 67.4. The molecule has 6 heteroatoms. The lowest BCUT2D eigenvalue weighted by atomic mass is 10.0. The van der Waals surface area contributed by atoms with Crippen molar-refractivity contribution in [2.24, 2.45) is 0 Å². The largest absolute Gasteiger partial charge is 0.462 e. The predicted molar refractivity (Wildman–Crippen MR) is 340 cm³/mol. The van der Waals surface area contributed by atoms with Crippen LogP contribution in [0.15, 0.2) is 24.3 Å². The molecule has 1 unspecified atom stereocenters. The van der Waals surface area contributed by atoms with Gasteiger partial charge in [0.25, 0.3) is 0 Å². The molecule has 0 bridgehead atoms. The fourth-order valence-corrected chi connectivity index (χ4v) is 10.8. The second-order valence-electron chi connectivity index (χ2n) is 24.1. The highest BCUT2D eigenvalue weighted by molar-refractivity contribution is 5.71. The Bertz CT molecular complexity index is 1260. The average Bonchev–Trinajstić information content (AvgIpc) is 3.44. The van der Waals surface area contributed by atoms with Gasteiger partial charge in [-0.1, -0.05) is 334 Å². The van der Waals surface area contributed by atoms with Gasteiger partial charge in [-0.3, -0.25) is 14.4 Å². The van der Waals surface area contributed by atoms with E-state index in [1.807, 2.05) is 0 Å². The molecule has 0 N–H and O–H groups in total. The molecule has 1 atom stereocenters. The fraction of sp³-hybridized carbons (Fsp3) is 0.903. The molecule has 0 fully saturated rings. The summed E-state index contributed by atoms with van der Waals surface area (Å²) in [6.45, 7) is 6.71. The second-order valence-corrected chi connectivity index (χ2v) is 24.1. The Morgan fingerprint density at radius 2 is 0.423 bits per heavy atom. The van der Waals surface area contributed by atoms with Crippen LogP contribution in [0.5, 0.6) is 0 Å². The standard InChI is InChI=1S/C72H136O6/c1-4-7-10-13-16-19-22-25-27-29-31-32-33-34-35-36-37-38-39-40-42-43-45-47-50-53-56-59-62-65-71(74)77-68-69(67-76-70(73)64-61-58-55-52-49-24-21-18-15-12-9-6-3)78-72(75)66-63-60-57-54-51-48-46-44-41-30-28-26-23-20-17-14-11-8-5-2/h26,28-29,31,69H,4-25,27,30,32-68H2,1-3H3/b28-26-,31-29-. The van der Waals surface area contributed by atoms with Crippen LogP contribution >= 0.6 is 0 Å². The summed E-state index contributed by atoms with van der Waals surface area (Å²) in [6, 6.07) is 0. The minimum Gasteiger partial charge on any atom is -0.462 e. The Kier molecular flexibility index (Phi) is 65.6. The van der Waals surface area contributed by atoms with E-state index >= 15 is 0 Å². The highest BCUT2D eigenvalue weighted by Gasteiger charge is 2.19. The topological polar surface area (TPSA) is 78.9 Å². The summed E-state index contributed by atoms with van der Waals surface area (Å²) in [6.07, 6.45) is 82.1. The number of unbranched alkanes of at least 4 members (excludes halogenated alkanes) is 51. The van der Waals surface area contributed by atoms with Crippen LogP contribution in [0.4, 0.5) is 0 Å². The van der Waals surface area contributed by atoms with Crippen molar-refractivity contribution < 1.29 is 28.6 Å². The van der Waals surface area contributed by atoms with Crippen molar-refractivity contribution in [3.8, 4) is 0 Å². The lowest BCUT2D eigenvalue weighted by Gasteiger charge is -2.18. The van der Waals surface area contributed by atoms with Crippen LogP contribution in [-0.2, 0) is 28.6 Å². The lowest BCUT2D eigenvalue weighted by molar-refractivity contribution is -0.167. The van der Waals surface area contributed by atoms with E-state index in [9.17, 15) is 14.4 Å². The number of allylic oxidation sites excluding steroid dienone is 4. The van der Waals surface area contributed by atoms with Crippen LogP contribution < -0.4 is 0 Å². The smallest absolute Gasteiger partial charge is 0.306 e. The summed E-state index contributed by atoms with van der Waals surface area (Å²) in [7, 11) is 0. The number of hydrogen-bond acceptors (Lipinski definition) is 6. The maximum absolute atomic E-state index is 12.9. The van der Waals surface area contributed by atoms with E-state index in [1.54, 1.807) is 0 Å². The molecule has 78 heavy (non-hydrogen) atoms. The monoisotopic (exact) mass is 1100 g/mol. The molecule has 0 saturated carbocycles. The first-order valence-corrected chi connectivity index (χ1v) is 35.3. The van der Waals surface area contributed by atoms with Crippen molar-refractivity contribution in [1.82, 2.24) is 0 Å². The summed E-state index contributed by atoms with van der Waals surface area (Å²) in [4.78, 5) is 38.4. The number of esters is 3. The van der Waals surface area contributed by atoms with Crippen LogP contribution in [-0.4, -0.2) is 37.2 Å². The molecule has 6 nitrogen and oxygen atoms in total. The molecule has 0 aliphatic rings. The molecular weight excluding hydrogens is 961 g/mol. The minimum atomic E-state index is -0.769. The Morgan fingerprint density at radius 3 is 0.641 bits per heavy atom. The lowest BCUT2D eigenvalue weighted by Crippen LogP contribution is -2.30. The first-order chi connectivity index (χ1) is 38.5. The summed E-state index contributed by atoms with van der Waals surface area (Å²) < 4.78 is 17.0. The van der Waals surface area contributed by atoms with Crippen molar-refractivity contribution >= 4 is 17.9 Å². The molecule has 0 saturated heterocycles. The van der Waals surface area contributed by atoms with Crippen LogP contribution in [0.25, 0.3) is 0 Å². The van der Waals surface area contributed by atoms with Gasteiger partial charge in [0.05, 0.1) is 0 Å². The van der Waals surface area contributed by atoms with Gasteiger partial charge in [0.2, 0.25) is 0 Å². The van der Waals surface area contributed by atoms with E-state index in [2.05, 4.69) is 45.1 Å². The Hall–Kier alpha value is -2.11. The number of carbonyl (C=O) groups is 3. The number of carbonyl (C=O) groups excluding carboxylic acids is 3. The van der Waals surface area contributed by atoms with Gasteiger partial charge in [-0.2, -0.15) is 0 Å². The third-order valence-electron chi connectivity index (χ3n) is 16.2. The predicted octanol–water partition coefficient (Wildman–Crippen LogP) is 24.2. The number of ether oxygens (including phenoxy) is 3. The fourth-order valence-electron chi connectivity index (χ4n) is 10.8. The minimum absolute atomic E-state index is 0.0658. The first kappa shape index (κ1) is 75.9. The Morgan fingerprint density at radius 1 is 0.244 bits per heavy atom. The molecule has 0 aromatic carbocycles. The molecule has 0 amide bonds.